The molecule has 0 aromatic rings. The maximum atomic E-state index is 9.51. The monoisotopic (exact) mass is 730 g/mol. The topological polar surface area (TPSA) is 0 Å². The van der Waals surface area contributed by atoms with Gasteiger partial charge in [-0.25, -0.2) is 0 Å². The number of rotatable bonds is 8. The van der Waals surface area contributed by atoms with E-state index in [1.54, 1.807) is 0 Å². The molecule has 5 heteroatoms. The second kappa shape index (κ2) is 12.8. The molecule has 0 aromatic heterocycles. The summed E-state index contributed by atoms with van der Waals surface area (Å²) in [4.78, 5) is 0. The van der Waals surface area contributed by atoms with E-state index in [0.717, 1.165) is 34.0 Å². The van der Waals surface area contributed by atoms with Gasteiger partial charge in [-0.05, 0) is 0 Å². The minimum Gasteiger partial charge on any atom is 0 e. The molecule has 6 fully saturated rings. The minimum absolute atomic E-state index is 0. The Labute approximate surface area is 277 Å². The molecule has 6 rings (SSSR count). The summed E-state index contributed by atoms with van der Waals surface area (Å²) >= 11 is 19.0. The van der Waals surface area contributed by atoms with Crippen molar-refractivity contribution >= 4 is 34.4 Å². The first kappa shape index (κ1) is 34.1. The molecular weight excluding hydrogens is 666 g/mol. The summed E-state index contributed by atoms with van der Waals surface area (Å²) in [5.74, 6) is -5.86. The zero-order valence-corrected chi connectivity index (χ0v) is 32.1. The van der Waals surface area contributed by atoms with Crippen molar-refractivity contribution in [2.24, 2.45) is 5.41 Å². The summed E-state index contributed by atoms with van der Waals surface area (Å²) in [6.45, 7) is 7.58. The fraction of sp³-hybridized carbons (Fsp3) is 0.944. The smallest absolute Gasteiger partial charge is 0 e. The van der Waals surface area contributed by atoms with E-state index >= 15 is 0 Å². The SMILES string of the molecule is CC(C)(C)C=C(P(Cl)(C1CCCC1)(C1CCCC1)C1CCCC1)P(Cl)(C1CCCC1)(C1CCCC1)C1CCCC1.[Ru]. The molecule has 0 bridgehead atoms. The Hall–Kier alpha value is 1.80. The second-order valence-electron chi connectivity index (χ2n) is 16.9. The van der Waals surface area contributed by atoms with Gasteiger partial charge in [0, 0.05) is 19.5 Å². The van der Waals surface area contributed by atoms with Crippen LogP contribution in [0.4, 0.5) is 0 Å². The van der Waals surface area contributed by atoms with Gasteiger partial charge < -0.3 is 0 Å². The molecule has 240 valence electrons. The van der Waals surface area contributed by atoms with Gasteiger partial charge in [-0.1, -0.05) is 0 Å². The Morgan fingerprint density at radius 1 is 0.439 bits per heavy atom. The van der Waals surface area contributed by atoms with E-state index in [1.165, 1.54) is 154 Å². The molecule has 0 amide bonds. The summed E-state index contributed by atoms with van der Waals surface area (Å²) in [6.07, 6.45) is 37.0. The Morgan fingerprint density at radius 2 is 0.610 bits per heavy atom. The van der Waals surface area contributed by atoms with Gasteiger partial charge in [0.1, 0.15) is 0 Å². The average Bonchev–Trinajstić information content (AvgIpc) is 3.79. The molecule has 6 aliphatic rings. The third kappa shape index (κ3) is 5.20. The molecule has 0 N–H and O–H groups in total. The number of hydrogen-bond donors (Lipinski definition) is 0. The van der Waals surface area contributed by atoms with Gasteiger partial charge in [-0.15, -0.1) is 0 Å². The van der Waals surface area contributed by atoms with Crippen LogP contribution in [0.15, 0.2) is 11.1 Å². The zero-order chi connectivity index (χ0) is 28.1. The number of hydrogen-bond acceptors (Lipinski definition) is 0. The fourth-order valence-electron chi connectivity index (χ4n) is 12.6. The summed E-state index contributed by atoms with van der Waals surface area (Å²) in [5.41, 5.74) is 4.70. The van der Waals surface area contributed by atoms with Crippen LogP contribution in [-0.4, -0.2) is 34.0 Å². The van der Waals surface area contributed by atoms with Crippen molar-refractivity contribution in [1.29, 1.82) is 0 Å². The van der Waals surface area contributed by atoms with Crippen molar-refractivity contribution in [2.45, 2.75) is 209 Å². The zero-order valence-electron chi connectivity index (χ0n) is 27.0. The Morgan fingerprint density at radius 3 is 0.756 bits per heavy atom. The molecule has 0 aromatic carbocycles. The van der Waals surface area contributed by atoms with E-state index in [9.17, 15) is 22.5 Å². The van der Waals surface area contributed by atoms with Gasteiger partial charge in [-0.2, -0.15) is 0 Å². The van der Waals surface area contributed by atoms with Crippen LogP contribution in [0.3, 0.4) is 0 Å². The first-order valence-corrected chi connectivity index (χ1v) is 25.0. The van der Waals surface area contributed by atoms with Gasteiger partial charge >= 0.3 is 260 Å². The van der Waals surface area contributed by atoms with Crippen LogP contribution < -0.4 is 0 Å². The molecule has 0 aliphatic heterocycles. The normalized spacial score (nSPS) is 29.0. The molecule has 6 saturated carbocycles. The summed E-state index contributed by atoms with van der Waals surface area (Å²) in [7, 11) is 0. The second-order valence-corrected chi connectivity index (χ2v) is 32.0. The van der Waals surface area contributed by atoms with Crippen molar-refractivity contribution in [2.75, 3.05) is 0 Å². The third-order valence-electron chi connectivity index (χ3n) is 13.9. The van der Waals surface area contributed by atoms with Gasteiger partial charge in [-0.3, -0.25) is 0 Å². The van der Waals surface area contributed by atoms with Crippen LogP contribution >= 0.6 is 34.4 Å². The van der Waals surface area contributed by atoms with Crippen LogP contribution in [0.1, 0.15) is 175 Å². The van der Waals surface area contributed by atoms with Crippen LogP contribution in [-0.2, 0) is 19.5 Å². The summed E-state index contributed by atoms with van der Waals surface area (Å²) < 4.78 is 0. The van der Waals surface area contributed by atoms with E-state index in [2.05, 4.69) is 26.8 Å². The van der Waals surface area contributed by atoms with Crippen molar-refractivity contribution in [3.63, 3.8) is 0 Å². The average molecular weight is 731 g/mol. The van der Waals surface area contributed by atoms with Gasteiger partial charge in [0.05, 0.1) is 0 Å². The Bertz CT molecular complexity index is 767. The van der Waals surface area contributed by atoms with Crippen LogP contribution in [0.5, 0.6) is 0 Å². The molecule has 0 nitrogen and oxygen atoms in total. The Balaban J connectivity index is 0.00000337. The van der Waals surface area contributed by atoms with Gasteiger partial charge in [0.2, 0.25) is 0 Å². The molecule has 41 heavy (non-hydrogen) atoms. The van der Waals surface area contributed by atoms with Crippen LogP contribution in [0, 0.1) is 5.41 Å². The molecule has 0 heterocycles. The Kier molecular flexibility index (Phi) is 10.6. The summed E-state index contributed by atoms with van der Waals surface area (Å²) in [5, 5.41) is 1.96. The van der Waals surface area contributed by atoms with Gasteiger partial charge in [0.15, 0.2) is 0 Å². The van der Waals surface area contributed by atoms with Crippen molar-refractivity contribution in [3.05, 3.63) is 11.1 Å². The van der Waals surface area contributed by atoms with Crippen molar-refractivity contribution in [1.82, 2.24) is 0 Å². The van der Waals surface area contributed by atoms with Crippen molar-refractivity contribution in [3.8, 4) is 0 Å². The van der Waals surface area contributed by atoms with E-state index in [1.807, 2.05) is 5.06 Å². The van der Waals surface area contributed by atoms with Crippen molar-refractivity contribution < 1.29 is 19.5 Å². The van der Waals surface area contributed by atoms with E-state index in [0.29, 0.717) is 0 Å². The van der Waals surface area contributed by atoms with E-state index in [4.69, 9.17) is 0 Å². The molecule has 6 aliphatic carbocycles. The quantitative estimate of drug-likeness (QED) is 0.172. The van der Waals surface area contributed by atoms with E-state index in [-0.39, 0.29) is 24.9 Å². The first-order chi connectivity index (χ1) is 19.1. The predicted octanol–water partition coefficient (Wildman–Crippen LogP) is 13.9. The predicted molar refractivity (Wildman–Crippen MR) is 187 cm³/mol. The minimum atomic E-state index is -2.93. The molecule has 0 atom stereocenters. The molecular formula is C36H64Cl2P2Ru. The number of halogens is 2. The summed E-state index contributed by atoms with van der Waals surface area (Å²) in [6, 6.07) is 0. The maximum Gasteiger partial charge on any atom is 0 e. The standard InChI is InChI=1S/C36H64Cl2P2.Ru/c1-36(2,3)28-35(39(37,29-16-4-5-17-29,30-18-6-7-19-30)31-20-8-9-21-31)40(38,32-22-10-11-23-32,33-24-12-13-25-33)34-26-14-15-27-34;/h28-34H,4-27H2,1-3H3;. The molecule has 0 radical (unpaired) electrons. The maximum absolute atomic E-state index is 9.51. The van der Waals surface area contributed by atoms with Crippen LogP contribution in [0.2, 0.25) is 0 Å². The molecule has 0 saturated heterocycles. The molecule has 0 spiro atoms. The van der Waals surface area contributed by atoms with E-state index < -0.39 is 11.9 Å². The largest absolute Gasteiger partial charge is 0 e. The number of allylic oxidation sites excluding steroid dienone is 1. The van der Waals surface area contributed by atoms with Gasteiger partial charge in [0.25, 0.3) is 0 Å². The fourth-order valence-corrected chi connectivity index (χ4v) is 41.9. The van der Waals surface area contributed by atoms with Crippen LogP contribution in [0.25, 0.3) is 0 Å². The molecule has 0 unspecified atom stereocenters. The third-order valence-corrected chi connectivity index (χ3v) is 37.6. The first-order valence-electron chi connectivity index (χ1n) is 18.3.